The van der Waals surface area contributed by atoms with Gasteiger partial charge in [0.05, 0.1) is 18.3 Å². The Balaban J connectivity index is 1.98. The molecule has 1 fully saturated rings. The smallest absolute Gasteiger partial charge is 0.191 e. The van der Waals surface area contributed by atoms with Crippen molar-refractivity contribution in [3.05, 3.63) is 29.6 Å². The molecule has 1 saturated carbocycles. The summed E-state index contributed by atoms with van der Waals surface area (Å²) in [7, 11) is 3.65. The zero-order valence-corrected chi connectivity index (χ0v) is 14.8. The molecule has 1 aliphatic rings. The first kappa shape index (κ1) is 18.5. The van der Waals surface area contributed by atoms with Crippen LogP contribution in [0.1, 0.15) is 38.2 Å². The Labute approximate surface area is 144 Å². The third kappa shape index (κ3) is 5.37. The molecule has 0 bridgehead atoms. The molecule has 1 aliphatic carbocycles. The quantitative estimate of drug-likeness (QED) is 0.570. The van der Waals surface area contributed by atoms with Gasteiger partial charge in [-0.15, -0.1) is 0 Å². The molecule has 0 spiro atoms. The van der Waals surface area contributed by atoms with Crippen molar-refractivity contribution in [3.8, 4) is 0 Å². The molecule has 0 atom stereocenters. The number of nitrogens with zero attached hydrogens (tertiary/aromatic N) is 2. The molecule has 0 aromatic heterocycles. The van der Waals surface area contributed by atoms with E-state index in [0.717, 1.165) is 43.8 Å². The molecule has 3 N–H and O–H groups in total. The van der Waals surface area contributed by atoms with E-state index in [-0.39, 0.29) is 11.9 Å². The third-order valence-corrected chi connectivity index (χ3v) is 4.30. The molecule has 24 heavy (non-hydrogen) atoms. The molecule has 0 aliphatic heterocycles. The van der Waals surface area contributed by atoms with Gasteiger partial charge in [-0.2, -0.15) is 0 Å². The first-order valence-electron chi connectivity index (χ1n) is 8.68. The molecule has 1 aromatic rings. The number of halogens is 1. The van der Waals surface area contributed by atoms with Crippen LogP contribution in [-0.2, 0) is 6.54 Å². The van der Waals surface area contributed by atoms with Gasteiger partial charge in [0.25, 0.3) is 0 Å². The van der Waals surface area contributed by atoms with Gasteiger partial charge in [-0.1, -0.05) is 6.07 Å². The van der Waals surface area contributed by atoms with Crippen LogP contribution in [0, 0.1) is 5.82 Å². The normalized spacial score (nSPS) is 21.5. The van der Waals surface area contributed by atoms with Gasteiger partial charge in [0.15, 0.2) is 5.96 Å². The van der Waals surface area contributed by atoms with Crippen LogP contribution in [0.25, 0.3) is 0 Å². The zero-order chi connectivity index (χ0) is 17.5. The summed E-state index contributed by atoms with van der Waals surface area (Å²) in [6, 6.07) is 5.56. The number of hydrogen-bond donors (Lipinski definition) is 3. The Hall–Kier alpha value is -1.82. The summed E-state index contributed by atoms with van der Waals surface area (Å²) in [6.45, 7) is 3.22. The van der Waals surface area contributed by atoms with E-state index in [2.05, 4.69) is 15.6 Å². The molecular weight excluding hydrogens is 307 g/mol. The molecule has 2 rings (SSSR count). The number of aliphatic imine (C=N–C) groups is 1. The standard InChI is InChI=1S/C18H29FN4O/c1-4-20-18(22-14-6-8-15(24)9-7-14)21-12-13-5-10-17(23(2)3)16(19)11-13/h5,10-11,14-15,24H,4,6-9,12H2,1-3H3,(H2,20,21,22). The second kappa shape index (κ2) is 8.87. The second-order valence-electron chi connectivity index (χ2n) is 6.53. The summed E-state index contributed by atoms with van der Waals surface area (Å²) in [5, 5.41) is 16.2. The summed E-state index contributed by atoms with van der Waals surface area (Å²) in [5.41, 5.74) is 1.42. The van der Waals surface area contributed by atoms with Crippen molar-refractivity contribution >= 4 is 11.6 Å². The number of aliphatic hydroxyl groups is 1. The number of rotatable bonds is 5. The number of benzene rings is 1. The van der Waals surface area contributed by atoms with Gasteiger partial charge < -0.3 is 20.6 Å². The SMILES string of the molecule is CCNC(=NCc1ccc(N(C)C)c(F)c1)NC1CCC(O)CC1. The lowest BCUT2D eigenvalue weighted by Gasteiger charge is -2.27. The number of hydrogen-bond acceptors (Lipinski definition) is 3. The maximum absolute atomic E-state index is 14.0. The highest BCUT2D eigenvalue weighted by atomic mass is 19.1. The summed E-state index contributed by atoms with van der Waals surface area (Å²) < 4.78 is 14.0. The lowest BCUT2D eigenvalue weighted by atomic mass is 9.93. The van der Waals surface area contributed by atoms with Crippen LogP contribution >= 0.6 is 0 Å². The highest BCUT2D eigenvalue weighted by Crippen LogP contribution is 2.19. The van der Waals surface area contributed by atoms with Crippen molar-refractivity contribution in [1.82, 2.24) is 10.6 Å². The molecular formula is C18H29FN4O. The Morgan fingerprint density at radius 1 is 1.29 bits per heavy atom. The number of aliphatic hydroxyl groups excluding tert-OH is 1. The summed E-state index contributed by atoms with van der Waals surface area (Å²) >= 11 is 0. The lowest BCUT2D eigenvalue weighted by Crippen LogP contribution is -2.45. The summed E-state index contributed by atoms with van der Waals surface area (Å²) in [4.78, 5) is 6.32. The Morgan fingerprint density at radius 3 is 2.58 bits per heavy atom. The molecule has 0 heterocycles. The average molecular weight is 336 g/mol. The molecule has 0 saturated heterocycles. The van der Waals surface area contributed by atoms with E-state index < -0.39 is 0 Å². The van der Waals surface area contributed by atoms with Crippen LogP contribution in [0.15, 0.2) is 23.2 Å². The van der Waals surface area contributed by atoms with Crippen LogP contribution in [0.3, 0.4) is 0 Å². The molecule has 6 heteroatoms. The van der Waals surface area contributed by atoms with E-state index in [1.54, 1.807) is 17.0 Å². The maximum atomic E-state index is 14.0. The van der Waals surface area contributed by atoms with E-state index in [1.807, 2.05) is 27.1 Å². The first-order chi connectivity index (χ1) is 11.5. The van der Waals surface area contributed by atoms with Gasteiger partial charge in [0.1, 0.15) is 5.82 Å². The van der Waals surface area contributed by atoms with Crippen LogP contribution in [0.2, 0.25) is 0 Å². The van der Waals surface area contributed by atoms with Gasteiger partial charge in [-0.3, -0.25) is 0 Å². The number of nitrogens with one attached hydrogen (secondary N) is 2. The Kier molecular flexibility index (Phi) is 6.85. The molecule has 0 radical (unpaired) electrons. The van der Waals surface area contributed by atoms with Crippen molar-refractivity contribution in [3.63, 3.8) is 0 Å². The van der Waals surface area contributed by atoms with Crippen LogP contribution in [-0.4, -0.2) is 43.9 Å². The third-order valence-electron chi connectivity index (χ3n) is 4.30. The van der Waals surface area contributed by atoms with Gasteiger partial charge in [0, 0.05) is 26.7 Å². The Morgan fingerprint density at radius 2 is 2.00 bits per heavy atom. The highest BCUT2D eigenvalue weighted by Gasteiger charge is 2.19. The zero-order valence-electron chi connectivity index (χ0n) is 14.8. The molecule has 134 valence electrons. The maximum Gasteiger partial charge on any atom is 0.191 e. The largest absolute Gasteiger partial charge is 0.393 e. The molecule has 5 nitrogen and oxygen atoms in total. The summed E-state index contributed by atoms with van der Waals surface area (Å²) in [5.74, 6) is 0.517. The van der Waals surface area contributed by atoms with E-state index in [0.29, 0.717) is 18.3 Å². The first-order valence-corrected chi connectivity index (χ1v) is 8.68. The molecule has 1 aromatic carbocycles. The Bertz CT molecular complexity index is 554. The van der Waals surface area contributed by atoms with Crippen LogP contribution in [0.4, 0.5) is 10.1 Å². The number of guanidine groups is 1. The van der Waals surface area contributed by atoms with E-state index >= 15 is 0 Å². The fourth-order valence-electron chi connectivity index (χ4n) is 2.92. The minimum atomic E-state index is -0.230. The highest BCUT2D eigenvalue weighted by molar-refractivity contribution is 5.80. The minimum absolute atomic E-state index is 0.166. The molecule has 0 amide bonds. The fourth-order valence-corrected chi connectivity index (χ4v) is 2.92. The lowest BCUT2D eigenvalue weighted by molar-refractivity contribution is 0.120. The number of anilines is 1. The summed E-state index contributed by atoms with van der Waals surface area (Å²) in [6.07, 6.45) is 3.37. The van der Waals surface area contributed by atoms with Crippen LogP contribution in [0.5, 0.6) is 0 Å². The fraction of sp³-hybridized carbons (Fsp3) is 0.611. The monoisotopic (exact) mass is 336 g/mol. The van der Waals surface area contributed by atoms with Gasteiger partial charge in [-0.25, -0.2) is 9.38 Å². The van der Waals surface area contributed by atoms with Crippen LogP contribution < -0.4 is 15.5 Å². The second-order valence-corrected chi connectivity index (χ2v) is 6.53. The molecule has 0 unspecified atom stereocenters. The van der Waals surface area contributed by atoms with Crippen molar-refractivity contribution in [1.29, 1.82) is 0 Å². The average Bonchev–Trinajstić information content (AvgIpc) is 2.54. The van der Waals surface area contributed by atoms with Crippen molar-refractivity contribution in [2.75, 3.05) is 25.5 Å². The predicted octanol–water partition coefficient (Wildman–Crippen LogP) is 2.25. The predicted molar refractivity (Wildman–Crippen MR) is 96.9 cm³/mol. The van der Waals surface area contributed by atoms with Crippen molar-refractivity contribution < 1.29 is 9.50 Å². The van der Waals surface area contributed by atoms with Gasteiger partial charge in [0.2, 0.25) is 0 Å². The van der Waals surface area contributed by atoms with Gasteiger partial charge in [-0.05, 0) is 50.3 Å². The minimum Gasteiger partial charge on any atom is -0.393 e. The van der Waals surface area contributed by atoms with Crippen molar-refractivity contribution in [2.24, 2.45) is 4.99 Å². The van der Waals surface area contributed by atoms with E-state index in [9.17, 15) is 9.50 Å². The van der Waals surface area contributed by atoms with E-state index in [1.165, 1.54) is 0 Å². The van der Waals surface area contributed by atoms with Gasteiger partial charge >= 0.3 is 0 Å². The van der Waals surface area contributed by atoms with E-state index in [4.69, 9.17) is 0 Å². The topological polar surface area (TPSA) is 59.9 Å². The van der Waals surface area contributed by atoms with Crippen molar-refractivity contribution in [2.45, 2.75) is 51.3 Å².